The van der Waals surface area contributed by atoms with E-state index in [4.69, 9.17) is 4.74 Å². The molecule has 0 atom stereocenters. The standard InChI is InChI=1S/C23H38N4O/c1-4-5-9-16-26(3)23(24-2)25-15-10-19-28-22-13-17-27(18-14-22)20-21-11-7-6-8-12-21/h4,6-8,11-12,22H,1,5,9-10,13-20H2,2-3H3,(H,24,25). The second-order valence-electron chi connectivity index (χ2n) is 7.51. The number of nitrogens with one attached hydrogen (secondary N) is 1. The van der Waals surface area contributed by atoms with Gasteiger partial charge in [0, 0.05) is 53.4 Å². The fourth-order valence-corrected chi connectivity index (χ4v) is 3.56. The van der Waals surface area contributed by atoms with Gasteiger partial charge in [-0.3, -0.25) is 9.89 Å². The number of nitrogens with zero attached hydrogens (tertiary/aromatic N) is 3. The summed E-state index contributed by atoms with van der Waals surface area (Å²) in [6.07, 6.45) is 7.79. The van der Waals surface area contributed by atoms with Crippen LogP contribution in [0.5, 0.6) is 0 Å². The molecular formula is C23H38N4O. The van der Waals surface area contributed by atoms with Crippen LogP contribution in [0.1, 0.15) is 37.7 Å². The van der Waals surface area contributed by atoms with E-state index in [1.165, 1.54) is 5.56 Å². The zero-order chi connectivity index (χ0) is 20.0. The Hall–Kier alpha value is -1.85. The maximum absolute atomic E-state index is 6.11. The van der Waals surface area contributed by atoms with Gasteiger partial charge in [-0.2, -0.15) is 0 Å². The zero-order valence-electron chi connectivity index (χ0n) is 17.8. The molecule has 1 N–H and O–H groups in total. The number of rotatable bonds is 11. The number of allylic oxidation sites excluding steroid dienone is 1. The largest absolute Gasteiger partial charge is 0.378 e. The Kier molecular flexibility index (Phi) is 10.7. The number of benzene rings is 1. The molecule has 5 nitrogen and oxygen atoms in total. The fourth-order valence-electron chi connectivity index (χ4n) is 3.56. The van der Waals surface area contributed by atoms with E-state index < -0.39 is 0 Å². The van der Waals surface area contributed by atoms with E-state index in [9.17, 15) is 0 Å². The Morgan fingerprint density at radius 2 is 2.04 bits per heavy atom. The molecule has 0 saturated carbocycles. The molecule has 1 aromatic carbocycles. The highest BCUT2D eigenvalue weighted by Crippen LogP contribution is 2.16. The molecule has 0 radical (unpaired) electrons. The van der Waals surface area contributed by atoms with Gasteiger partial charge in [-0.15, -0.1) is 6.58 Å². The van der Waals surface area contributed by atoms with E-state index in [1.807, 2.05) is 13.1 Å². The van der Waals surface area contributed by atoms with Gasteiger partial charge in [-0.25, -0.2) is 0 Å². The summed E-state index contributed by atoms with van der Waals surface area (Å²) in [7, 11) is 3.92. The van der Waals surface area contributed by atoms with Crippen LogP contribution in [0.4, 0.5) is 0 Å². The Morgan fingerprint density at radius 3 is 2.71 bits per heavy atom. The third-order valence-electron chi connectivity index (χ3n) is 5.22. The first-order valence-corrected chi connectivity index (χ1v) is 10.6. The van der Waals surface area contributed by atoms with Crippen molar-refractivity contribution < 1.29 is 4.74 Å². The number of guanidine groups is 1. The van der Waals surface area contributed by atoms with Gasteiger partial charge >= 0.3 is 0 Å². The third kappa shape index (κ3) is 8.44. The molecule has 0 bridgehead atoms. The smallest absolute Gasteiger partial charge is 0.193 e. The first kappa shape index (κ1) is 22.4. The molecule has 2 rings (SSSR count). The Labute approximate surface area is 171 Å². The molecule has 28 heavy (non-hydrogen) atoms. The predicted octanol–water partition coefficient (Wildman–Crippen LogP) is 3.53. The topological polar surface area (TPSA) is 40.1 Å². The summed E-state index contributed by atoms with van der Waals surface area (Å²) in [6, 6.07) is 10.7. The van der Waals surface area contributed by atoms with Crippen LogP contribution in [0.2, 0.25) is 0 Å². The number of aliphatic imine (C=N–C) groups is 1. The lowest BCUT2D eigenvalue weighted by molar-refractivity contribution is 0.00531. The molecular weight excluding hydrogens is 348 g/mol. The molecule has 0 unspecified atom stereocenters. The summed E-state index contributed by atoms with van der Waals surface area (Å²) in [4.78, 5) is 9.06. The first-order chi connectivity index (χ1) is 13.7. The fraction of sp³-hybridized carbons (Fsp3) is 0.609. The van der Waals surface area contributed by atoms with Gasteiger partial charge in [0.1, 0.15) is 0 Å². The first-order valence-electron chi connectivity index (χ1n) is 10.6. The average Bonchev–Trinajstić information content (AvgIpc) is 2.73. The van der Waals surface area contributed by atoms with Gasteiger partial charge < -0.3 is 15.0 Å². The summed E-state index contributed by atoms with van der Waals surface area (Å²) in [5.41, 5.74) is 1.40. The van der Waals surface area contributed by atoms with E-state index >= 15 is 0 Å². The molecule has 5 heteroatoms. The summed E-state index contributed by atoms with van der Waals surface area (Å²) in [5.74, 6) is 0.957. The Balaban J connectivity index is 1.53. The van der Waals surface area contributed by atoms with Gasteiger partial charge in [-0.05, 0) is 37.7 Å². The Bertz CT molecular complexity index is 567. The van der Waals surface area contributed by atoms with Crippen LogP contribution in [0, 0.1) is 0 Å². The third-order valence-corrected chi connectivity index (χ3v) is 5.22. The van der Waals surface area contributed by atoms with E-state index in [0.717, 1.165) is 77.4 Å². The van der Waals surface area contributed by atoms with Gasteiger partial charge in [0.05, 0.1) is 6.10 Å². The van der Waals surface area contributed by atoms with Gasteiger partial charge in [0.15, 0.2) is 5.96 Å². The molecule has 1 heterocycles. The highest BCUT2D eigenvalue weighted by molar-refractivity contribution is 5.79. The average molecular weight is 387 g/mol. The van der Waals surface area contributed by atoms with Crippen molar-refractivity contribution >= 4 is 5.96 Å². The lowest BCUT2D eigenvalue weighted by Crippen LogP contribution is -2.40. The van der Waals surface area contributed by atoms with Crippen LogP contribution < -0.4 is 5.32 Å². The second-order valence-corrected chi connectivity index (χ2v) is 7.51. The van der Waals surface area contributed by atoms with Crippen LogP contribution in [-0.4, -0.2) is 68.7 Å². The lowest BCUT2D eigenvalue weighted by Gasteiger charge is -2.32. The van der Waals surface area contributed by atoms with E-state index in [2.05, 4.69) is 64.1 Å². The van der Waals surface area contributed by atoms with Gasteiger partial charge in [-0.1, -0.05) is 36.4 Å². The highest BCUT2D eigenvalue weighted by atomic mass is 16.5. The second kappa shape index (κ2) is 13.3. The van der Waals surface area contributed by atoms with Crippen molar-refractivity contribution in [1.29, 1.82) is 0 Å². The molecule has 1 aliphatic rings. The maximum atomic E-state index is 6.11. The minimum absolute atomic E-state index is 0.410. The molecule has 0 aromatic heterocycles. The van der Waals surface area contributed by atoms with Crippen molar-refractivity contribution in [2.45, 2.75) is 44.8 Å². The molecule has 0 aliphatic carbocycles. The number of hydrogen-bond donors (Lipinski definition) is 1. The van der Waals surface area contributed by atoms with Crippen LogP contribution in [0.3, 0.4) is 0 Å². The Morgan fingerprint density at radius 1 is 1.29 bits per heavy atom. The SMILES string of the molecule is C=CCCCN(C)C(=NC)NCCCOC1CCN(Cc2ccccc2)CC1. The monoisotopic (exact) mass is 386 g/mol. The minimum Gasteiger partial charge on any atom is -0.378 e. The molecule has 1 aliphatic heterocycles. The number of hydrogen-bond acceptors (Lipinski definition) is 3. The van der Waals surface area contributed by atoms with Crippen molar-refractivity contribution in [3.05, 3.63) is 48.6 Å². The van der Waals surface area contributed by atoms with Crippen LogP contribution >= 0.6 is 0 Å². The summed E-state index contributed by atoms with van der Waals surface area (Å²) in [5, 5.41) is 3.43. The van der Waals surface area contributed by atoms with Gasteiger partial charge in [0.2, 0.25) is 0 Å². The number of likely N-dealkylation sites (tertiary alicyclic amines) is 1. The molecule has 0 amide bonds. The van der Waals surface area contributed by atoms with Crippen molar-refractivity contribution in [2.24, 2.45) is 4.99 Å². The molecule has 0 spiro atoms. The van der Waals surface area contributed by atoms with E-state index in [-0.39, 0.29) is 0 Å². The molecule has 1 aromatic rings. The summed E-state index contributed by atoms with van der Waals surface area (Å²) >= 11 is 0. The molecule has 156 valence electrons. The molecule has 1 saturated heterocycles. The van der Waals surface area contributed by atoms with E-state index in [1.54, 1.807) is 0 Å². The van der Waals surface area contributed by atoms with Gasteiger partial charge in [0.25, 0.3) is 0 Å². The number of unbranched alkanes of at least 4 members (excludes halogenated alkanes) is 1. The van der Waals surface area contributed by atoms with E-state index in [0.29, 0.717) is 6.10 Å². The normalized spacial score (nSPS) is 16.1. The van der Waals surface area contributed by atoms with Crippen molar-refractivity contribution in [2.75, 3.05) is 46.9 Å². The quantitative estimate of drug-likeness (QED) is 0.273. The number of piperidine rings is 1. The predicted molar refractivity (Wildman–Crippen MR) is 119 cm³/mol. The van der Waals surface area contributed by atoms with Crippen molar-refractivity contribution in [3.63, 3.8) is 0 Å². The highest BCUT2D eigenvalue weighted by Gasteiger charge is 2.19. The maximum Gasteiger partial charge on any atom is 0.193 e. The summed E-state index contributed by atoms with van der Waals surface area (Å²) < 4.78 is 6.11. The molecule has 1 fully saturated rings. The minimum atomic E-state index is 0.410. The van der Waals surface area contributed by atoms with Crippen LogP contribution in [0.15, 0.2) is 48.0 Å². The van der Waals surface area contributed by atoms with Crippen molar-refractivity contribution in [3.8, 4) is 0 Å². The van der Waals surface area contributed by atoms with Crippen LogP contribution in [-0.2, 0) is 11.3 Å². The number of ether oxygens (including phenoxy) is 1. The lowest BCUT2D eigenvalue weighted by atomic mass is 10.1. The van der Waals surface area contributed by atoms with Crippen molar-refractivity contribution in [1.82, 2.24) is 15.1 Å². The van der Waals surface area contributed by atoms with Crippen LogP contribution in [0.25, 0.3) is 0 Å². The zero-order valence-corrected chi connectivity index (χ0v) is 17.8. The summed E-state index contributed by atoms with van der Waals surface area (Å²) in [6.45, 7) is 9.77.